The molecule has 0 aliphatic carbocycles. The van der Waals surface area contributed by atoms with Crippen LogP contribution in [0.5, 0.6) is 0 Å². The highest BCUT2D eigenvalue weighted by molar-refractivity contribution is 5.84. The van der Waals surface area contributed by atoms with Gasteiger partial charge in [0, 0.05) is 7.05 Å². The van der Waals surface area contributed by atoms with Crippen molar-refractivity contribution in [2.24, 2.45) is 7.05 Å². The smallest absolute Gasteiger partial charge is 0.260 e. The zero-order valence-electron chi connectivity index (χ0n) is 14.0. The molecule has 0 N–H and O–H groups in total. The zero-order chi connectivity index (χ0) is 17.2. The predicted octanol–water partition coefficient (Wildman–Crippen LogP) is 4.19. The predicted molar refractivity (Wildman–Crippen MR) is 102 cm³/mol. The van der Waals surface area contributed by atoms with Crippen molar-refractivity contribution in [1.82, 2.24) is 9.55 Å². The standard InChI is InChI=1S/C22H18N2O/c1-24-15-23-21-12-11-18(14-20(21)22(24)25)19-10-6-5-9-17(19)13-16-7-3-2-4-8-16/h2-12,14-15H,13H2,1H3. The fourth-order valence-corrected chi connectivity index (χ4v) is 3.15. The Balaban J connectivity index is 1.84. The third kappa shape index (κ3) is 2.96. The van der Waals surface area contributed by atoms with Gasteiger partial charge in [0.25, 0.3) is 5.56 Å². The Kier molecular flexibility index (Phi) is 3.90. The molecule has 0 unspecified atom stereocenters. The Morgan fingerprint density at radius 3 is 2.52 bits per heavy atom. The summed E-state index contributed by atoms with van der Waals surface area (Å²) < 4.78 is 1.52. The minimum atomic E-state index is -0.0209. The number of hydrogen-bond acceptors (Lipinski definition) is 2. The summed E-state index contributed by atoms with van der Waals surface area (Å²) >= 11 is 0. The van der Waals surface area contributed by atoms with E-state index < -0.39 is 0 Å². The minimum Gasteiger partial charge on any atom is -0.302 e. The van der Waals surface area contributed by atoms with E-state index in [1.807, 2.05) is 30.3 Å². The molecule has 0 spiro atoms. The van der Waals surface area contributed by atoms with Crippen molar-refractivity contribution in [2.75, 3.05) is 0 Å². The normalized spacial score (nSPS) is 10.9. The van der Waals surface area contributed by atoms with E-state index in [0.29, 0.717) is 5.39 Å². The van der Waals surface area contributed by atoms with Gasteiger partial charge in [0.2, 0.25) is 0 Å². The molecule has 3 aromatic carbocycles. The zero-order valence-corrected chi connectivity index (χ0v) is 14.0. The molecule has 0 aliphatic heterocycles. The molecule has 0 aliphatic rings. The summed E-state index contributed by atoms with van der Waals surface area (Å²) in [6, 6.07) is 24.7. The van der Waals surface area contributed by atoms with E-state index in [2.05, 4.69) is 47.4 Å². The van der Waals surface area contributed by atoms with Gasteiger partial charge in [0.15, 0.2) is 0 Å². The Morgan fingerprint density at radius 2 is 1.68 bits per heavy atom. The SMILES string of the molecule is Cn1cnc2ccc(-c3ccccc3Cc3ccccc3)cc2c1=O. The highest BCUT2D eigenvalue weighted by Gasteiger charge is 2.09. The molecule has 3 heteroatoms. The first kappa shape index (κ1) is 15.3. The van der Waals surface area contributed by atoms with E-state index in [1.165, 1.54) is 15.7 Å². The van der Waals surface area contributed by atoms with Crippen molar-refractivity contribution >= 4 is 10.9 Å². The Morgan fingerprint density at radius 1 is 0.920 bits per heavy atom. The van der Waals surface area contributed by atoms with Crippen molar-refractivity contribution in [1.29, 1.82) is 0 Å². The van der Waals surface area contributed by atoms with Crippen molar-refractivity contribution in [3.8, 4) is 11.1 Å². The van der Waals surface area contributed by atoms with Crippen LogP contribution in [0.3, 0.4) is 0 Å². The molecule has 4 aromatic rings. The summed E-state index contributed by atoms with van der Waals surface area (Å²) in [5.41, 5.74) is 5.42. The molecule has 0 saturated heterocycles. The van der Waals surface area contributed by atoms with Crippen LogP contribution in [-0.2, 0) is 13.5 Å². The second-order valence-corrected chi connectivity index (χ2v) is 6.21. The van der Waals surface area contributed by atoms with Crippen LogP contribution in [0.25, 0.3) is 22.0 Å². The molecule has 4 rings (SSSR count). The first-order chi connectivity index (χ1) is 12.2. The van der Waals surface area contributed by atoms with Crippen molar-refractivity contribution in [2.45, 2.75) is 6.42 Å². The van der Waals surface area contributed by atoms with E-state index >= 15 is 0 Å². The number of benzene rings is 3. The quantitative estimate of drug-likeness (QED) is 0.566. The lowest BCUT2D eigenvalue weighted by Gasteiger charge is -2.11. The van der Waals surface area contributed by atoms with Crippen LogP contribution in [0, 0.1) is 0 Å². The highest BCUT2D eigenvalue weighted by Crippen LogP contribution is 2.27. The van der Waals surface area contributed by atoms with Crippen molar-refractivity contribution < 1.29 is 0 Å². The average molecular weight is 326 g/mol. The molecule has 0 atom stereocenters. The molecule has 1 aromatic heterocycles. The third-order valence-corrected chi connectivity index (χ3v) is 4.48. The molecule has 25 heavy (non-hydrogen) atoms. The number of aryl methyl sites for hydroxylation is 1. The number of rotatable bonds is 3. The Hall–Kier alpha value is -3.20. The van der Waals surface area contributed by atoms with E-state index in [4.69, 9.17) is 0 Å². The number of hydrogen-bond donors (Lipinski definition) is 0. The molecule has 1 heterocycles. The van der Waals surface area contributed by atoms with Gasteiger partial charge in [0.05, 0.1) is 17.2 Å². The molecule has 0 radical (unpaired) electrons. The molecule has 0 amide bonds. The van der Waals surface area contributed by atoms with Crippen molar-refractivity contribution in [3.05, 3.63) is 101 Å². The van der Waals surface area contributed by atoms with Gasteiger partial charge >= 0.3 is 0 Å². The van der Waals surface area contributed by atoms with Gasteiger partial charge in [-0.2, -0.15) is 0 Å². The van der Waals surface area contributed by atoms with Crippen LogP contribution < -0.4 is 5.56 Å². The Bertz CT molecular complexity index is 1100. The molecule has 0 fully saturated rings. The van der Waals surface area contributed by atoms with Crippen LogP contribution in [-0.4, -0.2) is 9.55 Å². The third-order valence-electron chi connectivity index (χ3n) is 4.48. The maximum absolute atomic E-state index is 12.4. The number of aromatic nitrogens is 2. The monoisotopic (exact) mass is 326 g/mol. The summed E-state index contributed by atoms with van der Waals surface area (Å²) in [7, 11) is 1.73. The van der Waals surface area contributed by atoms with Crippen LogP contribution in [0.15, 0.2) is 83.9 Å². The van der Waals surface area contributed by atoms with Gasteiger partial charge in [0.1, 0.15) is 0 Å². The van der Waals surface area contributed by atoms with E-state index in [9.17, 15) is 4.79 Å². The van der Waals surface area contributed by atoms with Crippen molar-refractivity contribution in [3.63, 3.8) is 0 Å². The molecule has 0 saturated carbocycles. The molecule has 3 nitrogen and oxygen atoms in total. The average Bonchev–Trinajstić information content (AvgIpc) is 2.66. The maximum atomic E-state index is 12.4. The molecule has 0 bridgehead atoms. The highest BCUT2D eigenvalue weighted by atomic mass is 16.1. The number of nitrogens with zero attached hydrogens (tertiary/aromatic N) is 2. The van der Waals surface area contributed by atoms with Gasteiger partial charge in [-0.25, -0.2) is 4.98 Å². The lowest BCUT2D eigenvalue weighted by molar-refractivity contribution is 0.843. The summed E-state index contributed by atoms with van der Waals surface area (Å²) in [5, 5.41) is 0.650. The Labute approximate surface area is 146 Å². The minimum absolute atomic E-state index is 0.0209. The van der Waals surface area contributed by atoms with Gasteiger partial charge in [-0.05, 0) is 40.8 Å². The molecular formula is C22H18N2O. The first-order valence-corrected chi connectivity index (χ1v) is 8.30. The lowest BCUT2D eigenvalue weighted by Crippen LogP contribution is -2.16. The topological polar surface area (TPSA) is 34.9 Å². The van der Waals surface area contributed by atoms with Crippen LogP contribution in [0.1, 0.15) is 11.1 Å². The van der Waals surface area contributed by atoms with E-state index in [0.717, 1.165) is 23.1 Å². The van der Waals surface area contributed by atoms with Gasteiger partial charge < -0.3 is 4.57 Å². The van der Waals surface area contributed by atoms with Gasteiger partial charge in [-0.3, -0.25) is 4.79 Å². The van der Waals surface area contributed by atoms with Gasteiger partial charge in [-0.1, -0.05) is 60.7 Å². The maximum Gasteiger partial charge on any atom is 0.260 e. The first-order valence-electron chi connectivity index (χ1n) is 8.30. The second kappa shape index (κ2) is 6.36. The second-order valence-electron chi connectivity index (χ2n) is 6.21. The lowest BCUT2D eigenvalue weighted by atomic mass is 9.94. The summed E-state index contributed by atoms with van der Waals surface area (Å²) in [6.45, 7) is 0. The van der Waals surface area contributed by atoms with Crippen LogP contribution in [0.2, 0.25) is 0 Å². The van der Waals surface area contributed by atoms with E-state index in [-0.39, 0.29) is 5.56 Å². The summed E-state index contributed by atoms with van der Waals surface area (Å²) in [4.78, 5) is 16.7. The summed E-state index contributed by atoms with van der Waals surface area (Å²) in [6.07, 6.45) is 2.42. The fraction of sp³-hybridized carbons (Fsp3) is 0.0909. The summed E-state index contributed by atoms with van der Waals surface area (Å²) in [5.74, 6) is 0. The van der Waals surface area contributed by atoms with E-state index in [1.54, 1.807) is 13.4 Å². The largest absolute Gasteiger partial charge is 0.302 e. The van der Waals surface area contributed by atoms with Crippen LogP contribution >= 0.6 is 0 Å². The number of fused-ring (bicyclic) bond motifs is 1. The molecular weight excluding hydrogens is 308 g/mol. The molecule has 122 valence electrons. The fourth-order valence-electron chi connectivity index (χ4n) is 3.15. The van der Waals surface area contributed by atoms with Crippen LogP contribution in [0.4, 0.5) is 0 Å². The van der Waals surface area contributed by atoms with Gasteiger partial charge in [-0.15, -0.1) is 0 Å².